The summed E-state index contributed by atoms with van der Waals surface area (Å²) in [5.41, 5.74) is 6.69. The standard InChI is InChI=1S/C12H15N3O2/c1-2-4-10-11(16)15(12(17)14-10)9-6-3-5-8(13)7-9/h3,5-7,10H,2,4,13H2,1H3,(H,14,17). The predicted octanol–water partition coefficient (Wildman–Crippen LogP) is 1.49. The molecule has 3 amide bonds. The van der Waals surface area contributed by atoms with Gasteiger partial charge in [0.25, 0.3) is 5.91 Å². The van der Waals surface area contributed by atoms with E-state index in [-0.39, 0.29) is 11.9 Å². The molecule has 1 saturated heterocycles. The molecular formula is C12H15N3O2. The third-order valence-corrected chi connectivity index (χ3v) is 2.73. The number of imide groups is 1. The van der Waals surface area contributed by atoms with Crippen LogP contribution in [0.1, 0.15) is 19.8 Å². The average molecular weight is 233 g/mol. The largest absolute Gasteiger partial charge is 0.399 e. The Hall–Kier alpha value is -2.04. The number of carbonyl (C=O) groups is 2. The number of nitrogens with two attached hydrogens (primary N) is 1. The first-order valence-electron chi connectivity index (χ1n) is 5.63. The first-order chi connectivity index (χ1) is 8.13. The molecule has 0 radical (unpaired) electrons. The molecule has 5 nitrogen and oxygen atoms in total. The summed E-state index contributed by atoms with van der Waals surface area (Å²) in [7, 11) is 0. The van der Waals surface area contributed by atoms with Gasteiger partial charge in [-0.3, -0.25) is 4.79 Å². The SMILES string of the molecule is CCCC1NC(=O)N(c2cccc(N)c2)C1=O. The van der Waals surface area contributed by atoms with Gasteiger partial charge in [-0.05, 0) is 24.6 Å². The van der Waals surface area contributed by atoms with Crippen LogP contribution in [0.3, 0.4) is 0 Å². The van der Waals surface area contributed by atoms with E-state index >= 15 is 0 Å². The van der Waals surface area contributed by atoms with Crippen LogP contribution in [0.4, 0.5) is 16.2 Å². The van der Waals surface area contributed by atoms with Gasteiger partial charge in [0, 0.05) is 5.69 Å². The van der Waals surface area contributed by atoms with Crippen LogP contribution in [-0.2, 0) is 4.79 Å². The summed E-state index contributed by atoms with van der Waals surface area (Å²) in [6.07, 6.45) is 1.50. The van der Waals surface area contributed by atoms with Gasteiger partial charge in [-0.15, -0.1) is 0 Å². The fraction of sp³-hybridized carbons (Fsp3) is 0.333. The molecule has 1 aliphatic heterocycles. The van der Waals surface area contributed by atoms with Crippen molar-refractivity contribution in [3.8, 4) is 0 Å². The number of nitrogens with zero attached hydrogens (tertiary/aromatic N) is 1. The first-order valence-corrected chi connectivity index (χ1v) is 5.63. The van der Waals surface area contributed by atoms with Crippen LogP contribution in [-0.4, -0.2) is 18.0 Å². The van der Waals surface area contributed by atoms with Gasteiger partial charge >= 0.3 is 6.03 Å². The number of hydrogen-bond acceptors (Lipinski definition) is 3. The predicted molar refractivity (Wildman–Crippen MR) is 65.6 cm³/mol. The number of urea groups is 1. The van der Waals surface area contributed by atoms with E-state index in [0.29, 0.717) is 17.8 Å². The van der Waals surface area contributed by atoms with Gasteiger partial charge in [0.05, 0.1) is 5.69 Å². The summed E-state index contributed by atoms with van der Waals surface area (Å²) < 4.78 is 0. The molecule has 1 aromatic carbocycles. The minimum absolute atomic E-state index is 0.206. The Morgan fingerprint density at radius 1 is 1.41 bits per heavy atom. The Morgan fingerprint density at radius 2 is 2.18 bits per heavy atom. The highest BCUT2D eigenvalue weighted by molar-refractivity contribution is 6.21. The number of hydrogen-bond donors (Lipinski definition) is 2. The van der Waals surface area contributed by atoms with E-state index in [2.05, 4.69) is 5.32 Å². The van der Waals surface area contributed by atoms with Crippen molar-refractivity contribution < 1.29 is 9.59 Å². The van der Waals surface area contributed by atoms with Crippen LogP contribution in [0.25, 0.3) is 0 Å². The Labute approximate surface area is 99.6 Å². The van der Waals surface area contributed by atoms with E-state index in [1.165, 1.54) is 0 Å². The molecule has 90 valence electrons. The second-order valence-electron chi connectivity index (χ2n) is 4.06. The van der Waals surface area contributed by atoms with Crippen molar-refractivity contribution in [3.05, 3.63) is 24.3 Å². The highest BCUT2D eigenvalue weighted by Crippen LogP contribution is 2.22. The third-order valence-electron chi connectivity index (χ3n) is 2.73. The molecule has 3 N–H and O–H groups in total. The van der Waals surface area contributed by atoms with Gasteiger partial charge in [-0.25, -0.2) is 9.69 Å². The zero-order chi connectivity index (χ0) is 12.4. The van der Waals surface area contributed by atoms with Gasteiger partial charge in [0.15, 0.2) is 0 Å². The zero-order valence-electron chi connectivity index (χ0n) is 9.64. The van der Waals surface area contributed by atoms with E-state index in [1.54, 1.807) is 24.3 Å². The maximum Gasteiger partial charge on any atom is 0.329 e. The lowest BCUT2D eigenvalue weighted by Crippen LogP contribution is -2.31. The van der Waals surface area contributed by atoms with Gasteiger partial charge in [0.2, 0.25) is 0 Å². The van der Waals surface area contributed by atoms with Crippen LogP contribution < -0.4 is 16.0 Å². The summed E-state index contributed by atoms with van der Waals surface area (Å²) in [4.78, 5) is 24.9. The fourth-order valence-electron chi connectivity index (χ4n) is 1.92. The number of benzene rings is 1. The van der Waals surface area contributed by atoms with Crippen LogP contribution in [0, 0.1) is 0 Å². The van der Waals surface area contributed by atoms with E-state index in [9.17, 15) is 9.59 Å². The molecule has 0 spiro atoms. The van der Waals surface area contributed by atoms with Gasteiger partial charge in [0.1, 0.15) is 6.04 Å². The number of nitrogen functional groups attached to an aromatic ring is 1. The summed E-state index contributed by atoms with van der Waals surface area (Å²) in [6.45, 7) is 1.97. The maximum atomic E-state index is 12.0. The van der Waals surface area contributed by atoms with Crippen LogP contribution in [0.2, 0.25) is 0 Å². The highest BCUT2D eigenvalue weighted by atomic mass is 16.2. The number of carbonyl (C=O) groups excluding carboxylic acids is 2. The summed E-state index contributed by atoms with van der Waals surface area (Å²) >= 11 is 0. The van der Waals surface area contributed by atoms with Gasteiger partial charge < -0.3 is 11.1 Å². The smallest absolute Gasteiger partial charge is 0.329 e. The molecule has 1 fully saturated rings. The molecule has 1 aliphatic rings. The maximum absolute atomic E-state index is 12.0. The number of nitrogens with one attached hydrogen (secondary N) is 1. The van der Waals surface area contributed by atoms with Crippen molar-refractivity contribution in [1.29, 1.82) is 0 Å². The highest BCUT2D eigenvalue weighted by Gasteiger charge is 2.38. The summed E-state index contributed by atoms with van der Waals surface area (Å²) in [5.74, 6) is -0.206. The van der Waals surface area contributed by atoms with E-state index in [1.807, 2.05) is 6.92 Å². The molecule has 0 bridgehead atoms. The minimum atomic E-state index is -0.408. The van der Waals surface area contributed by atoms with E-state index in [0.717, 1.165) is 11.3 Å². The van der Waals surface area contributed by atoms with Crippen molar-refractivity contribution in [3.63, 3.8) is 0 Å². The van der Waals surface area contributed by atoms with Crippen LogP contribution >= 0.6 is 0 Å². The van der Waals surface area contributed by atoms with Crippen molar-refractivity contribution in [1.82, 2.24) is 5.32 Å². The molecule has 2 rings (SSSR count). The van der Waals surface area contributed by atoms with Crippen LogP contribution in [0.5, 0.6) is 0 Å². The number of rotatable bonds is 3. The Balaban J connectivity index is 2.27. The van der Waals surface area contributed by atoms with E-state index in [4.69, 9.17) is 5.73 Å². The molecule has 0 aliphatic carbocycles. The van der Waals surface area contributed by atoms with Crippen molar-refractivity contribution in [2.75, 3.05) is 10.6 Å². The molecule has 1 atom stereocenters. The van der Waals surface area contributed by atoms with Crippen molar-refractivity contribution >= 4 is 23.3 Å². The number of anilines is 2. The molecule has 1 heterocycles. The Bertz CT molecular complexity index is 459. The molecule has 1 unspecified atom stereocenters. The summed E-state index contributed by atoms with van der Waals surface area (Å²) in [6, 6.07) is 5.96. The second-order valence-corrected chi connectivity index (χ2v) is 4.06. The molecule has 0 aromatic heterocycles. The monoisotopic (exact) mass is 233 g/mol. The lowest BCUT2D eigenvalue weighted by molar-refractivity contribution is -0.118. The summed E-state index contributed by atoms with van der Waals surface area (Å²) in [5, 5.41) is 2.67. The van der Waals surface area contributed by atoms with Crippen molar-refractivity contribution in [2.24, 2.45) is 0 Å². The normalized spacial score (nSPS) is 19.6. The Kier molecular flexibility index (Phi) is 2.99. The fourth-order valence-corrected chi connectivity index (χ4v) is 1.92. The number of amides is 3. The van der Waals surface area contributed by atoms with Crippen LogP contribution in [0.15, 0.2) is 24.3 Å². The third kappa shape index (κ3) is 2.08. The first kappa shape index (κ1) is 11.4. The zero-order valence-corrected chi connectivity index (χ0v) is 9.64. The molecule has 17 heavy (non-hydrogen) atoms. The van der Waals surface area contributed by atoms with Crippen molar-refractivity contribution in [2.45, 2.75) is 25.8 Å². The minimum Gasteiger partial charge on any atom is -0.399 e. The topological polar surface area (TPSA) is 75.4 Å². The van der Waals surface area contributed by atoms with Gasteiger partial charge in [-0.2, -0.15) is 0 Å². The van der Waals surface area contributed by atoms with Gasteiger partial charge in [-0.1, -0.05) is 19.4 Å². The second kappa shape index (κ2) is 4.45. The lowest BCUT2D eigenvalue weighted by Gasteiger charge is -2.13. The van der Waals surface area contributed by atoms with E-state index < -0.39 is 6.04 Å². The lowest BCUT2D eigenvalue weighted by atomic mass is 10.1. The quantitative estimate of drug-likeness (QED) is 0.613. The molecule has 0 saturated carbocycles. The molecule has 1 aromatic rings. The molecular weight excluding hydrogens is 218 g/mol. The average Bonchev–Trinajstić information content (AvgIpc) is 2.55. The molecule has 5 heteroatoms. The Morgan fingerprint density at radius 3 is 2.82 bits per heavy atom.